The number of carbonyl (C=O) groups is 2. The number of hydrogen-bond acceptors (Lipinski definition) is 4. The van der Waals surface area contributed by atoms with E-state index in [9.17, 15) is 9.59 Å². The van der Waals surface area contributed by atoms with E-state index >= 15 is 0 Å². The van der Waals surface area contributed by atoms with Crippen LogP contribution >= 0.6 is 0 Å². The summed E-state index contributed by atoms with van der Waals surface area (Å²) in [6, 6.07) is 20.0. The second-order valence-corrected chi connectivity index (χ2v) is 9.04. The summed E-state index contributed by atoms with van der Waals surface area (Å²) in [6.07, 6.45) is 12.7. The summed E-state index contributed by atoms with van der Waals surface area (Å²) < 4.78 is 0. The SMILES string of the molecule is CC1=CC(=C(NCCCCNC(=C2C=C(C)C=CC2=O)c2ccccc2)c2ccccc2)C(=O)C=C1.[Ni]. The topological polar surface area (TPSA) is 58.2 Å². The Morgan fingerprint density at radius 3 is 1.35 bits per heavy atom. The van der Waals surface area contributed by atoms with E-state index < -0.39 is 0 Å². The van der Waals surface area contributed by atoms with E-state index in [0.29, 0.717) is 11.1 Å². The number of allylic oxidation sites excluding steroid dienone is 10. The molecule has 4 rings (SSSR count). The molecule has 0 radical (unpaired) electrons. The van der Waals surface area contributed by atoms with Crippen LogP contribution in [0.1, 0.15) is 37.8 Å². The van der Waals surface area contributed by atoms with Gasteiger partial charge in [-0.15, -0.1) is 0 Å². The maximum Gasteiger partial charge on any atom is 0.187 e. The smallest absolute Gasteiger partial charge is 0.187 e. The van der Waals surface area contributed by atoms with E-state index in [2.05, 4.69) is 10.6 Å². The fraction of sp³-hybridized carbons (Fsp3) is 0.188. The van der Waals surface area contributed by atoms with Crippen molar-refractivity contribution in [2.24, 2.45) is 0 Å². The van der Waals surface area contributed by atoms with Gasteiger partial charge >= 0.3 is 0 Å². The van der Waals surface area contributed by atoms with Gasteiger partial charge in [0.25, 0.3) is 0 Å². The van der Waals surface area contributed by atoms with E-state index in [-0.39, 0.29) is 28.1 Å². The van der Waals surface area contributed by atoms with Gasteiger partial charge in [0.15, 0.2) is 11.6 Å². The number of benzene rings is 2. The second kappa shape index (κ2) is 13.6. The molecule has 0 atom stereocenters. The van der Waals surface area contributed by atoms with Gasteiger partial charge in [0.05, 0.1) is 11.4 Å². The van der Waals surface area contributed by atoms with Crippen LogP contribution in [0.2, 0.25) is 0 Å². The maximum absolute atomic E-state index is 12.6. The molecule has 0 unspecified atom stereocenters. The van der Waals surface area contributed by atoms with Gasteiger partial charge < -0.3 is 10.6 Å². The van der Waals surface area contributed by atoms with Gasteiger partial charge in [0.1, 0.15) is 0 Å². The largest absolute Gasteiger partial charge is 0.384 e. The first kappa shape index (κ1) is 27.9. The van der Waals surface area contributed by atoms with Gasteiger partial charge in [-0.3, -0.25) is 9.59 Å². The fourth-order valence-corrected chi connectivity index (χ4v) is 4.27. The normalized spacial score (nSPS) is 17.5. The van der Waals surface area contributed by atoms with E-state index in [1.807, 2.05) is 98.8 Å². The predicted octanol–water partition coefficient (Wildman–Crippen LogP) is 5.94. The molecule has 0 aromatic heterocycles. The first-order valence-electron chi connectivity index (χ1n) is 12.4. The van der Waals surface area contributed by atoms with E-state index in [1.54, 1.807) is 12.2 Å². The van der Waals surface area contributed by atoms with Crippen molar-refractivity contribution in [3.05, 3.63) is 131 Å². The molecule has 0 amide bonds. The Kier molecular flexibility index (Phi) is 10.2. The number of unbranched alkanes of at least 4 members (excludes halogenated alkanes) is 1. The summed E-state index contributed by atoms with van der Waals surface area (Å²) >= 11 is 0. The van der Waals surface area contributed by atoms with E-state index in [4.69, 9.17) is 0 Å². The molecule has 0 bridgehead atoms. The molecule has 192 valence electrons. The van der Waals surface area contributed by atoms with Crippen LogP contribution < -0.4 is 10.6 Å². The number of rotatable bonds is 9. The van der Waals surface area contributed by atoms with Crippen molar-refractivity contribution < 1.29 is 26.1 Å². The maximum atomic E-state index is 12.6. The van der Waals surface area contributed by atoms with Crippen molar-refractivity contribution >= 4 is 23.0 Å². The van der Waals surface area contributed by atoms with Crippen molar-refractivity contribution in [2.75, 3.05) is 13.1 Å². The molecule has 37 heavy (non-hydrogen) atoms. The van der Waals surface area contributed by atoms with Gasteiger partial charge in [-0.2, -0.15) is 0 Å². The van der Waals surface area contributed by atoms with Crippen molar-refractivity contribution in [2.45, 2.75) is 26.7 Å². The first-order chi connectivity index (χ1) is 17.5. The zero-order valence-electron chi connectivity index (χ0n) is 21.2. The molecule has 2 aromatic carbocycles. The third kappa shape index (κ3) is 7.41. The molecule has 0 fully saturated rings. The monoisotopic (exact) mass is 534 g/mol. The number of hydrogen-bond donors (Lipinski definition) is 2. The third-order valence-electron chi connectivity index (χ3n) is 6.14. The van der Waals surface area contributed by atoms with Gasteiger partial charge in [-0.05, 0) is 62.1 Å². The van der Waals surface area contributed by atoms with Crippen LogP contribution in [0.15, 0.2) is 119 Å². The summed E-state index contributed by atoms with van der Waals surface area (Å²) in [5, 5.41) is 7.04. The molecule has 0 heterocycles. The number of ketones is 2. The van der Waals surface area contributed by atoms with Gasteiger partial charge in [-0.1, -0.05) is 84.0 Å². The molecular weight excluding hydrogens is 503 g/mol. The molecule has 5 heteroatoms. The predicted molar refractivity (Wildman–Crippen MR) is 148 cm³/mol. The first-order valence-corrected chi connectivity index (χ1v) is 12.4. The summed E-state index contributed by atoms with van der Waals surface area (Å²) in [7, 11) is 0. The van der Waals surface area contributed by atoms with Gasteiger partial charge in [0, 0.05) is 40.7 Å². The molecule has 2 aromatic rings. The Balaban J connectivity index is 0.00000380. The Bertz CT molecular complexity index is 1210. The molecule has 4 nitrogen and oxygen atoms in total. The van der Waals surface area contributed by atoms with Crippen LogP contribution in [0.5, 0.6) is 0 Å². The number of nitrogens with one attached hydrogen (secondary N) is 2. The molecule has 2 N–H and O–H groups in total. The zero-order chi connectivity index (χ0) is 25.3. The molecule has 0 aliphatic heterocycles. The second-order valence-electron chi connectivity index (χ2n) is 9.04. The van der Waals surface area contributed by atoms with Crippen LogP contribution in [0.4, 0.5) is 0 Å². The van der Waals surface area contributed by atoms with Gasteiger partial charge in [-0.25, -0.2) is 0 Å². The molecular formula is C32H32N2NiO2. The van der Waals surface area contributed by atoms with Crippen molar-refractivity contribution in [3.63, 3.8) is 0 Å². The Labute approximate surface area is 229 Å². The van der Waals surface area contributed by atoms with Crippen molar-refractivity contribution in [1.82, 2.24) is 10.6 Å². The van der Waals surface area contributed by atoms with Crippen molar-refractivity contribution in [1.29, 1.82) is 0 Å². The van der Waals surface area contributed by atoms with Crippen LogP contribution in [-0.4, -0.2) is 24.7 Å². The van der Waals surface area contributed by atoms with E-state index in [1.165, 1.54) is 0 Å². The van der Waals surface area contributed by atoms with Crippen LogP contribution in [-0.2, 0) is 26.1 Å². The average molecular weight is 535 g/mol. The average Bonchev–Trinajstić information content (AvgIpc) is 2.90. The third-order valence-corrected chi connectivity index (χ3v) is 6.14. The minimum absolute atomic E-state index is 0. The Hall–Kier alpha value is -3.69. The summed E-state index contributed by atoms with van der Waals surface area (Å²) in [5.74, 6) is 0.0320. The standard InChI is InChI=1S/C32H32N2O2.Ni/c1-23-15-17-29(35)27(21-23)31(25-11-5-3-6-12-25)33-19-9-10-20-34-32(26-13-7-4-8-14-26)28-22-24(2)16-18-30(28)36;/h3-8,11-18,21-22,33-34H,9-10,19-20H2,1-2H3;. The summed E-state index contributed by atoms with van der Waals surface area (Å²) in [6.45, 7) is 5.47. The fourth-order valence-electron chi connectivity index (χ4n) is 4.27. The van der Waals surface area contributed by atoms with Crippen LogP contribution in [0.3, 0.4) is 0 Å². The van der Waals surface area contributed by atoms with Crippen LogP contribution in [0.25, 0.3) is 11.4 Å². The zero-order valence-corrected chi connectivity index (χ0v) is 22.2. The van der Waals surface area contributed by atoms with E-state index in [0.717, 1.165) is 59.6 Å². The molecule has 2 aliphatic rings. The molecule has 0 saturated carbocycles. The molecule has 0 saturated heterocycles. The summed E-state index contributed by atoms with van der Waals surface area (Å²) in [5.41, 5.74) is 7.24. The quantitative estimate of drug-likeness (QED) is 0.237. The van der Waals surface area contributed by atoms with Crippen LogP contribution in [0, 0.1) is 0 Å². The van der Waals surface area contributed by atoms with Gasteiger partial charge in [0.2, 0.25) is 0 Å². The Morgan fingerprint density at radius 1 is 0.595 bits per heavy atom. The molecule has 2 aliphatic carbocycles. The molecule has 0 spiro atoms. The minimum atomic E-state index is 0. The minimum Gasteiger partial charge on any atom is -0.384 e. The number of carbonyl (C=O) groups excluding carboxylic acids is 2. The van der Waals surface area contributed by atoms with Crippen molar-refractivity contribution in [3.8, 4) is 0 Å². The summed E-state index contributed by atoms with van der Waals surface area (Å²) in [4.78, 5) is 25.2. The Morgan fingerprint density at radius 2 is 0.973 bits per heavy atom.